The maximum atomic E-state index is 12.8. The highest BCUT2D eigenvalue weighted by Crippen LogP contribution is 2.37. The molecule has 1 saturated heterocycles. The molecule has 2 aromatic rings. The van der Waals surface area contributed by atoms with E-state index in [9.17, 15) is 14.4 Å². The predicted molar refractivity (Wildman–Crippen MR) is 114 cm³/mol. The average Bonchev–Trinajstić information content (AvgIpc) is 2.73. The standard InChI is InChI=1S/C22H20Cl2N2O5/c1-22(11-30-16-4-2-3-5-17(16)31-22)21(29)25-10-12-8-14(23)19(15(24)9-12)13-6-7-18(27)26-20(13)28/h2-5,8-9,13H,6-7,10-11H2,1H3,(H,25,29)(H,26,27,28). The van der Waals surface area contributed by atoms with Crippen LogP contribution in [-0.2, 0) is 20.9 Å². The molecule has 0 saturated carbocycles. The number of fused-ring (bicyclic) bond motifs is 1. The first kappa shape index (κ1) is 21.5. The summed E-state index contributed by atoms with van der Waals surface area (Å²) in [6, 6.07) is 10.5. The first-order valence-corrected chi connectivity index (χ1v) is 10.5. The zero-order valence-corrected chi connectivity index (χ0v) is 18.2. The molecule has 0 radical (unpaired) electrons. The minimum absolute atomic E-state index is 0.0752. The number of rotatable bonds is 4. The van der Waals surface area contributed by atoms with Crippen molar-refractivity contribution in [3.63, 3.8) is 0 Å². The second-order valence-corrected chi connectivity index (χ2v) is 8.54. The van der Waals surface area contributed by atoms with Crippen LogP contribution in [0.2, 0.25) is 10.0 Å². The number of halogens is 2. The molecule has 2 heterocycles. The number of benzene rings is 2. The fraction of sp³-hybridized carbons (Fsp3) is 0.318. The van der Waals surface area contributed by atoms with Crippen LogP contribution in [0.3, 0.4) is 0 Å². The van der Waals surface area contributed by atoms with Gasteiger partial charge in [0.25, 0.3) is 5.91 Å². The molecular formula is C22H20Cl2N2O5. The monoisotopic (exact) mass is 462 g/mol. The quantitative estimate of drug-likeness (QED) is 0.679. The van der Waals surface area contributed by atoms with Crippen molar-refractivity contribution in [3.8, 4) is 11.5 Å². The Morgan fingerprint density at radius 1 is 1.19 bits per heavy atom. The van der Waals surface area contributed by atoms with E-state index in [1.54, 1.807) is 37.3 Å². The van der Waals surface area contributed by atoms with E-state index in [1.807, 2.05) is 6.07 Å². The SMILES string of the molecule is CC1(C(=O)NCc2cc(Cl)c(C3CCC(=O)NC3=O)c(Cl)c2)COc2ccccc2O1. The van der Waals surface area contributed by atoms with Crippen LogP contribution in [-0.4, -0.2) is 29.9 Å². The summed E-state index contributed by atoms with van der Waals surface area (Å²) in [6.45, 7) is 1.89. The molecule has 2 N–H and O–H groups in total. The van der Waals surface area contributed by atoms with Crippen molar-refractivity contribution in [2.24, 2.45) is 0 Å². The van der Waals surface area contributed by atoms with Crippen molar-refractivity contribution in [3.05, 3.63) is 57.6 Å². The fourth-order valence-corrected chi connectivity index (χ4v) is 4.46. The minimum Gasteiger partial charge on any atom is -0.485 e. The third kappa shape index (κ3) is 4.34. The molecule has 2 atom stereocenters. The smallest absolute Gasteiger partial charge is 0.267 e. The van der Waals surface area contributed by atoms with Gasteiger partial charge in [0.15, 0.2) is 11.5 Å². The van der Waals surface area contributed by atoms with Crippen molar-refractivity contribution in [2.75, 3.05) is 6.61 Å². The van der Waals surface area contributed by atoms with Crippen molar-refractivity contribution in [2.45, 2.75) is 37.8 Å². The van der Waals surface area contributed by atoms with Gasteiger partial charge in [0.1, 0.15) is 6.61 Å². The van der Waals surface area contributed by atoms with Gasteiger partial charge in [-0.1, -0.05) is 35.3 Å². The van der Waals surface area contributed by atoms with Gasteiger partial charge in [0.2, 0.25) is 17.4 Å². The van der Waals surface area contributed by atoms with Crippen LogP contribution in [0.5, 0.6) is 11.5 Å². The van der Waals surface area contributed by atoms with Crippen molar-refractivity contribution >= 4 is 40.9 Å². The van der Waals surface area contributed by atoms with E-state index in [-0.39, 0.29) is 31.4 Å². The molecule has 0 spiro atoms. The van der Waals surface area contributed by atoms with Gasteiger partial charge in [-0.2, -0.15) is 0 Å². The molecule has 0 aromatic heterocycles. The summed E-state index contributed by atoms with van der Waals surface area (Å²) in [5.74, 6) is -0.556. The number of para-hydroxylation sites is 2. The molecule has 0 aliphatic carbocycles. The van der Waals surface area contributed by atoms with E-state index in [1.165, 1.54) is 0 Å². The van der Waals surface area contributed by atoms with Gasteiger partial charge in [-0.25, -0.2) is 0 Å². The largest absolute Gasteiger partial charge is 0.485 e. The van der Waals surface area contributed by atoms with Crippen LogP contribution < -0.4 is 20.1 Å². The summed E-state index contributed by atoms with van der Waals surface area (Å²) in [5.41, 5.74) is -0.0367. The summed E-state index contributed by atoms with van der Waals surface area (Å²) in [4.78, 5) is 36.4. The van der Waals surface area contributed by atoms with E-state index in [0.717, 1.165) is 0 Å². The van der Waals surface area contributed by atoms with Crippen molar-refractivity contribution in [1.29, 1.82) is 0 Å². The summed E-state index contributed by atoms with van der Waals surface area (Å²) in [5, 5.41) is 5.75. The number of carbonyl (C=O) groups is 3. The van der Waals surface area contributed by atoms with Gasteiger partial charge in [-0.3, -0.25) is 19.7 Å². The van der Waals surface area contributed by atoms with Gasteiger partial charge in [0, 0.05) is 28.6 Å². The molecule has 0 bridgehead atoms. The lowest BCUT2D eigenvalue weighted by molar-refractivity contribution is -0.140. The molecule has 31 heavy (non-hydrogen) atoms. The number of ether oxygens (including phenoxy) is 2. The van der Waals surface area contributed by atoms with E-state index in [2.05, 4.69) is 10.6 Å². The molecule has 3 amide bonds. The Bertz CT molecular complexity index is 1050. The number of piperidine rings is 1. The highest BCUT2D eigenvalue weighted by molar-refractivity contribution is 6.36. The summed E-state index contributed by atoms with van der Waals surface area (Å²) < 4.78 is 11.5. The number of hydrogen-bond acceptors (Lipinski definition) is 5. The van der Waals surface area contributed by atoms with Gasteiger partial charge in [0.05, 0.1) is 5.92 Å². The van der Waals surface area contributed by atoms with Crippen LogP contribution in [0.15, 0.2) is 36.4 Å². The molecule has 2 unspecified atom stereocenters. The summed E-state index contributed by atoms with van der Waals surface area (Å²) >= 11 is 12.8. The first-order chi connectivity index (χ1) is 14.8. The van der Waals surface area contributed by atoms with Gasteiger partial charge < -0.3 is 14.8 Å². The van der Waals surface area contributed by atoms with E-state index >= 15 is 0 Å². The van der Waals surface area contributed by atoms with Crippen molar-refractivity contribution < 1.29 is 23.9 Å². The molecule has 9 heteroatoms. The Kier molecular flexibility index (Phi) is 5.81. The lowest BCUT2D eigenvalue weighted by atomic mass is 9.90. The van der Waals surface area contributed by atoms with Crippen LogP contribution in [0, 0.1) is 0 Å². The third-order valence-electron chi connectivity index (χ3n) is 5.35. The number of carbonyl (C=O) groups excluding carboxylic acids is 3. The second kappa shape index (κ2) is 8.40. The number of imide groups is 1. The Morgan fingerprint density at radius 2 is 1.87 bits per heavy atom. The normalized spacial score (nSPS) is 22.6. The zero-order valence-electron chi connectivity index (χ0n) is 16.7. The van der Waals surface area contributed by atoms with E-state index in [0.29, 0.717) is 39.1 Å². The van der Waals surface area contributed by atoms with Crippen LogP contribution in [0.1, 0.15) is 36.8 Å². The molecule has 162 valence electrons. The van der Waals surface area contributed by atoms with E-state index in [4.69, 9.17) is 32.7 Å². The Balaban J connectivity index is 1.45. The molecule has 4 rings (SSSR count). The average molecular weight is 463 g/mol. The van der Waals surface area contributed by atoms with Gasteiger partial charge in [-0.05, 0) is 43.2 Å². The molecule has 2 aliphatic heterocycles. The Morgan fingerprint density at radius 3 is 2.55 bits per heavy atom. The molecular weight excluding hydrogens is 443 g/mol. The topological polar surface area (TPSA) is 93.7 Å². The van der Waals surface area contributed by atoms with E-state index < -0.39 is 17.4 Å². The fourth-order valence-electron chi connectivity index (χ4n) is 3.66. The van der Waals surface area contributed by atoms with Crippen LogP contribution in [0.4, 0.5) is 0 Å². The zero-order chi connectivity index (χ0) is 22.2. The summed E-state index contributed by atoms with van der Waals surface area (Å²) in [6.07, 6.45) is 0.571. The molecule has 2 aromatic carbocycles. The van der Waals surface area contributed by atoms with Gasteiger partial charge >= 0.3 is 0 Å². The number of hydrogen-bond donors (Lipinski definition) is 2. The maximum absolute atomic E-state index is 12.8. The van der Waals surface area contributed by atoms with Crippen LogP contribution in [0.25, 0.3) is 0 Å². The summed E-state index contributed by atoms with van der Waals surface area (Å²) in [7, 11) is 0. The lowest BCUT2D eigenvalue weighted by Crippen LogP contribution is -2.54. The van der Waals surface area contributed by atoms with Crippen LogP contribution >= 0.6 is 23.2 Å². The van der Waals surface area contributed by atoms with Crippen molar-refractivity contribution in [1.82, 2.24) is 10.6 Å². The highest BCUT2D eigenvalue weighted by Gasteiger charge is 2.40. The lowest BCUT2D eigenvalue weighted by Gasteiger charge is -2.34. The highest BCUT2D eigenvalue weighted by atomic mass is 35.5. The number of amides is 3. The predicted octanol–water partition coefficient (Wildman–Crippen LogP) is 3.36. The Hall–Kier alpha value is -2.77. The van der Waals surface area contributed by atoms with Gasteiger partial charge in [-0.15, -0.1) is 0 Å². The second-order valence-electron chi connectivity index (χ2n) is 7.73. The number of nitrogens with one attached hydrogen (secondary N) is 2. The maximum Gasteiger partial charge on any atom is 0.267 e. The first-order valence-electron chi connectivity index (χ1n) is 9.77. The Labute approximate surface area is 189 Å². The molecule has 7 nitrogen and oxygen atoms in total. The molecule has 2 aliphatic rings. The third-order valence-corrected chi connectivity index (χ3v) is 5.97. The minimum atomic E-state index is -1.19. The molecule has 1 fully saturated rings.